The van der Waals surface area contributed by atoms with Crippen LogP contribution in [0.1, 0.15) is 36.5 Å². The molecule has 0 aliphatic rings. The van der Waals surface area contributed by atoms with Crippen molar-refractivity contribution < 1.29 is 0 Å². The summed E-state index contributed by atoms with van der Waals surface area (Å²) in [5, 5.41) is 3.51. The van der Waals surface area contributed by atoms with Gasteiger partial charge in [-0.25, -0.2) is 0 Å². The van der Waals surface area contributed by atoms with Gasteiger partial charge in [-0.05, 0) is 41.7 Å². The minimum atomic E-state index is 0.531. The van der Waals surface area contributed by atoms with Gasteiger partial charge >= 0.3 is 0 Å². The number of nitrogens with one attached hydrogen (secondary N) is 1. The minimum absolute atomic E-state index is 0.531. The van der Waals surface area contributed by atoms with E-state index in [1.165, 1.54) is 22.4 Å². The summed E-state index contributed by atoms with van der Waals surface area (Å²) in [6, 6.07) is 10.5. The maximum Gasteiger partial charge on any atom is 0.0418 e. The Morgan fingerprint density at radius 2 is 1.94 bits per heavy atom. The molecule has 0 saturated carbocycles. The summed E-state index contributed by atoms with van der Waals surface area (Å²) < 4.78 is 0. The Labute approximate surface area is 109 Å². The second kappa shape index (κ2) is 5.67. The van der Waals surface area contributed by atoms with Crippen molar-refractivity contribution in [3.05, 3.63) is 59.4 Å². The number of aryl methyl sites for hydroxylation is 1. The molecule has 0 saturated heterocycles. The summed E-state index contributed by atoms with van der Waals surface area (Å²) in [5.74, 6) is 0.531. The first kappa shape index (κ1) is 12.6. The topological polar surface area (TPSA) is 24.9 Å². The van der Waals surface area contributed by atoms with Crippen LogP contribution in [0.4, 0.5) is 5.69 Å². The molecule has 0 amide bonds. The van der Waals surface area contributed by atoms with Crippen LogP contribution in [0.2, 0.25) is 0 Å². The molecule has 0 unspecified atom stereocenters. The molecule has 94 valence electrons. The third kappa shape index (κ3) is 2.89. The van der Waals surface area contributed by atoms with Crippen LogP contribution in [0.5, 0.6) is 0 Å². The minimum Gasteiger partial charge on any atom is -0.381 e. The van der Waals surface area contributed by atoms with Crippen LogP contribution in [0.15, 0.2) is 42.7 Å². The van der Waals surface area contributed by atoms with Crippen molar-refractivity contribution >= 4 is 5.69 Å². The lowest BCUT2D eigenvalue weighted by atomic mass is 10.0. The van der Waals surface area contributed by atoms with Crippen LogP contribution >= 0.6 is 0 Å². The number of nitrogens with zero attached hydrogens (tertiary/aromatic N) is 1. The fourth-order valence-corrected chi connectivity index (χ4v) is 2.03. The Kier molecular flexibility index (Phi) is 3.98. The van der Waals surface area contributed by atoms with E-state index >= 15 is 0 Å². The van der Waals surface area contributed by atoms with Crippen LogP contribution in [0.25, 0.3) is 0 Å². The lowest BCUT2D eigenvalue weighted by molar-refractivity contribution is 0.865. The molecule has 2 rings (SSSR count). The van der Waals surface area contributed by atoms with Crippen molar-refractivity contribution in [1.29, 1.82) is 0 Å². The van der Waals surface area contributed by atoms with Crippen molar-refractivity contribution in [2.75, 3.05) is 5.32 Å². The molecule has 0 fully saturated rings. The molecule has 0 atom stereocenters. The van der Waals surface area contributed by atoms with Gasteiger partial charge in [0.25, 0.3) is 0 Å². The summed E-state index contributed by atoms with van der Waals surface area (Å²) in [4.78, 5) is 4.18. The Morgan fingerprint density at radius 1 is 1.17 bits per heavy atom. The van der Waals surface area contributed by atoms with Gasteiger partial charge in [0.2, 0.25) is 0 Å². The second-order valence-electron chi connectivity index (χ2n) is 4.90. The van der Waals surface area contributed by atoms with Crippen LogP contribution in [-0.2, 0) is 6.54 Å². The molecule has 0 aliphatic heterocycles. The molecule has 2 heteroatoms. The molecular weight excluding hydrogens is 220 g/mol. The molecule has 2 aromatic rings. The Morgan fingerprint density at radius 3 is 2.67 bits per heavy atom. The lowest BCUT2D eigenvalue weighted by Crippen LogP contribution is -2.04. The van der Waals surface area contributed by atoms with Gasteiger partial charge < -0.3 is 5.32 Å². The average Bonchev–Trinajstić information content (AvgIpc) is 2.38. The van der Waals surface area contributed by atoms with Gasteiger partial charge in [-0.3, -0.25) is 4.98 Å². The molecule has 0 spiro atoms. The molecule has 0 bridgehead atoms. The summed E-state index contributed by atoms with van der Waals surface area (Å²) in [5.41, 5.74) is 5.10. The fourth-order valence-electron chi connectivity index (χ4n) is 2.03. The highest BCUT2D eigenvalue weighted by molar-refractivity contribution is 5.52. The zero-order chi connectivity index (χ0) is 13.0. The van der Waals surface area contributed by atoms with E-state index < -0.39 is 0 Å². The molecule has 0 aliphatic carbocycles. The molecule has 18 heavy (non-hydrogen) atoms. The van der Waals surface area contributed by atoms with E-state index in [0.29, 0.717) is 5.92 Å². The molecule has 2 nitrogen and oxygen atoms in total. The van der Waals surface area contributed by atoms with E-state index in [9.17, 15) is 0 Å². The number of aromatic nitrogens is 1. The largest absolute Gasteiger partial charge is 0.381 e. The first-order valence-corrected chi connectivity index (χ1v) is 6.40. The van der Waals surface area contributed by atoms with Gasteiger partial charge in [0.05, 0.1) is 0 Å². The van der Waals surface area contributed by atoms with E-state index in [2.05, 4.69) is 55.3 Å². The van der Waals surface area contributed by atoms with Crippen molar-refractivity contribution in [2.45, 2.75) is 33.2 Å². The summed E-state index contributed by atoms with van der Waals surface area (Å²) in [6.07, 6.45) is 3.77. The normalized spacial score (nSPS) is 10.7. The SMILES string of the molecule is Cc1ccncc1CNc1ccccc1C(C)C. The number of para-hydroxylation sites is 1. The van der Waals surface area contributed by atoms with Gasteiger partial charge in [-0.15, -0.1) is 0 Å². The maximum absolute atomic E-state index is 4.18. The average molecular weight is 240 g/mol. The summed E-state index contributed by atoms with van der Waals surface area (Å²) in [6.45, 7) is 7.38. The summed E-state index contributed by atoms with van der Waals surface area (Å²) in [7, 11) is 0. The van der Waals surface area contributed by atoms with E-state index in [0.717, 1.165) is 6.54 Å². The Hall–Kier alpha value is -1.83. The quantitative estimate of drug-likeness (QED) is 0.869. The number of hydrogen-bond donors (Lipinski definition) is 1. The van der Waals surface area contributed by atoms with Gasteiger partial charge in [0.1, 0.15) is 0 Å². The number of hydrogen-bond acceptors (Lipinski definition) is 2. The van der Waals surface area contributed by atoms with Gasteiger partial charge in [-0.2, -0.15) is 0 Å². The first-order valence-electron chi connectivity index (χ1n) is 6.40. The Bertz CT molecular complexity index is 518. The predicted octanol–water partition coefficient (Wildman–Crippen LogP) is 4.13. The van der Waals surface area contributed by atoms with Gasteiger partial charge in [0.15, 0.2) is 0 Å². The van der Waals surface area contributed by atoms with Crippen molar-refractivity contribution in [2.24, 2.45) is 0 Å². The Balaban J connectivity index is 2.14. The van der Waals surface area contributed by atoms with Crippen LogP contribution < -0.4 is 5.32 Å². The third-order valence-electron chi connectivity index (χ3n) is 3.20. The predicted molar refractivity (Wildman–Crippen MR) is 76.8 cm³/mol. The monoisotopic (exact) mass is 240 g/mol. The fraction of sp³-hybridized carbons (Fsp3) is 0.312. The van der Waals surface area contributed by atoms with E-state index in [1.54, 1.807) is 0 Å². The highest BCUT2D eigenvalue weighted by atomic mass is 14.9. The standard InChI is InChI=1S/C16H20N2/c1-12(2)15-6-4-5-7-16(15)18-11-14-10-17-9-8-13(14)3/h4-10,12,18H,11H2,1-3H3. The molecular formula is C16H20N2. The van der Waals surface area contributed by atoms with Crippen molar-refractivity contribution in [3.8, 4) is 0 Å². The number of rotatable bonds is 4. The molecule has 1 N–H and O–H groups in total. The van der Waals surface area contributed by atoms with Crippen molar-refractivity contribution in [3.63, 3.8) is 0 Å². The lowest BCUT2D eigenvalue weighted by Gasteiger charge is -2.15. The number of pyridine rings is 1. The molecule has 0 radical (unpaired) electrons. The summed E-state index contributed by atoms with van der Waals surface area (Å²) >= 11 is 0. The van der Waals surface area contributed by atoms with Crippen LogP contribution in [-0.4, -0.2) is 4.98 Å². The van der Waals surface area contributed by atoms with E-state index in [4.69, 9.17) is 0 Å². The molecule has 1 aromatic heterocycles. The number of benzene rings is 1. The van der Waals surface area contributed by atoms with E-state index in [-0.39, 0.29) is 0 Å². The van der Waals surface area contributed by atoms with Gasteiger partial charge in [-0.1, -0.05) is 32.0 Å². The second-order valence-corrected chi connectivity index (χ2v) is 4.90. The maximum atomic E-state index is 4.18. The van der Waals surface area contributed by atoms with Crippen LogP contribution in [0, 0.1) is 6.92 Å². The number of anilines is 1. The first-order chi connectivity index (χ1) is 8.68. The third-order valence-corrected chi connectivity index (χ3v) is 3.20. The molecule has 1 heterocycles. The highest BCUT2D eigenvalue weighted by Gasteiger charge is 2.05. The van der Waals surface area contributed by atoms with Crippen molar-refractivity contribution in [1.82, 2.24) is 4.98 Å². The molecule has 1 aromatic carbocycles. The highest BCUT2D eigenvalue weighted by Crippen LogP contribution is 2.24. The van der Waals surface area contributed by atoms with Gasteiger partial charge in [0, 0.05) is 24.6 Å². The smallest absolute Gasteiger partial charge is 0.0418 e. The van der Waals surface area contributed by atoms with Crippen LogP contribution in [0.3, 0.4) is 0 Å². The van der Waals surface area contributed by atoms with E-state index in [1.807, 2.05) is 18.5 Å². The zero-order valence-corrected chi connectivity index (χ0v) is 11.3. The zero-order valence-electron chi connectivity index (χ0n) is 11.3.